The molecule has 0 aliphatic heterocycles. The van der Waals surface area contributed by atoms with Crippen LogP contribution in [0.4, 0.5) is 5.69 Å². The minimum atomic E-state index is -1.11. The number of halogens is 1. The molecule has 0 fully saturated rings. The van der Waals surface area contributed by atoms with Crippen LogP contribution in [0, 0.1) is 11.3 Å². The van der Waals surface area contributed by atoms with Gasteiger partial charge in [0.2, 0.25) is 0 Å². The number of benzene rings is 2. The van der Waals surface area contributed by atoms with Gasteiger partial charge < -0.3 is 10.4 Å². The molecule has 2 atom stereocenters. The third-order valence-corrected chi connectivity index (χ3v) is 3.30. The van der Waals surface area contributed by atoms with Crippen LogP contribution >= 0.6 is 15.9 Å². The zero-order valence-electron chi connectivity index (χ0n) is 10.1. The van der Waals surface area contributed by atoms with E-state index in [1.807, 2.05) is 60.7 Å². The highest BCUT2D eigenvalue weighted by Gasteiger charge is 2.20. The Morgan fingerprint density at radius 3 is 2.26 bits per heavy atom. The largest absolute Gasteiger partial charge is 0.376 e. The molecule has 0 bridgehead atoms. The van der Waals surface area contributed by atoms with E-state index < -0.39 is 12.1 Å². The molecule has 0 radical (unpaired) electrons. The fourth-order valence-corrected chi connectivity index (χ4v) is 2.07. The van der Waals surface area contributed by atoms with Crippen LogP contribution in [-0.4, -0.2) is 11.2 Å². The Morgan fingerprint density at radius 1 is 1.05 bits per heavy atom. The van der Waals surface area contributed by atoms with Crippen LogP contribution in [-0.2, 0) is 0 Å². The van der Waals surface area contributed by atoms with Crippen molar-refractivity contribution in [2.45, 2.75) is 12.1 Å². The molecule has 0 aliphatic rings. The molecule has 0 amide bonds. The van der Waals surface area contributed by atoms with Gasteiger partial charge in [0.1, 0.15) is 0 Å². The van der Waals surface area contributed by atoms with Crippen molar-refractivity contribution in [2.24, 2.45) is 0 Å². The molecule has 2 aromatic carbocycles. The van der Waals surface area contributed by atoms with E-state index >= 15 is 0 Å². The fraction of sp³-hybridized carbons (Fsp3) is 0.133. The lowest BCUT2D eigenvalue weighted by Gasteiger charge is -2.21. The first kappa shape index (κ1) is 13.6. The molecule has 0 heterocycles. The third-order valence-electron chi connectivity index (χ3n) is 2.77. The summed E-state index contributed by atoms with van der Waals surface area (Å²) in [6.07, 6.45) is -1.11. The standard InChI is InChI=1S/C15H13BrN2O/c16-12-8-6-11(7-9-12)15(14(19)10-17)18-13-4-2-1-3-5-13/h1-9,14-15,18-19H/t14-,15+/m1/s1. The smallest absolute Gasteiger partial charge is 0.164 e. The zero-order chi connectivity index (χ0) is 13.7. The second-order valence-corrected chi connectivity index (χ2v) is 5.03. The van der Waals surface area contributed by atoms with Gasteiger partial charge in [-0.1, -0.05) is 46.3 Å². The molecule has 0 saturated heterocycles. The SMILES string of the molecule is N#C[C@@H](O)[C@@H](Nc1ccccc1)c1ccc(Br)cc1. The summed E-state index contributed by atoms with van der Waals surface area (Å²) in [6.45, 7) is 0. The van der Waals surface area contributed by atoms with E-state index in [4.69, 9.17) is 5.26 Å². The maximum Gasteiger partial charge on any atom is 0.164 e. The highest BCUT2D eigenvalue weighted by molar-refractivity contribution is 9.10. The van der Waals surface area contributed by atoms with Gasteiger partial charge in [-0.25, -0.2) is 0 Å². The van der Waals surface area contributed by atoms with Crippen molar-refractivity contribution in [1.82, 2.24) is 0 Å². The van der Waals surface area contributed by atoms with Crippen molar-refractivity contribution < 1.29 is 5.11 Å². The molecule has 2 N–H and O–H groups in total. The van der Waals surface area contributed by atoms with Crippen LogP contribution in [0.5, 0.6) is 0 Å². The minimum absolute atomic E-state index is 0.458. The van der Waals surface area contributed by atoms with E-state index in [1.54, 1.807) is 0 Å². The van der Waals surface area contributed by atoms with Gasteiger partial charge in [-0.15, -0.1) is 0 Å². The van der Waals surface area contributed by atoms with Gasteiger partial charge in [-0.05, 0) is 29.8 Å². The van der Waals surface area contributed by atoms with Crippen LogP contribution < -0.4 is 5.32 Å². The van der Waals surface area contributed by atoms with Crippen molar-refractivity contribution in [1.29, 1.82) is 5.26 Å². The third kappa shape index (κ3) is 3.57. The van der Waals surface area contributed by atoms with Crippen molar-refractivity contribution in [2.75, 3.05) is 5.32 Å². The summed E-state index contributed by atoms with van der Waals surface area (Å²) in [6, 6.07) is 18.5. The molecular weight excluding hydrogens is 304 g/mol. The number of nitrogens with zero attached hydrogens (tertiary/aromatic N) is 1. The van der Waals surface area contributed by atoms with Crippen LogP contribution in [0.25, 0.3) is 0 Å². The first-order chi connectivity index (χ1) is 9.20. The molecule has 3 nitrogen and oxygen atoms in total. The quantitative estimate of drug-likeness (QED) is 0.849. The van der Waals surface area contributed by atoms with E-state index in [-0.39, 0.29) is 0 Å². The van der Waals surface area contributed by atoms with Crippen LogP contribution in [0.15, 0.2) is 59.1 Å². The summed E-state index contributed by atoms with van der Waals surface area (Å²) in [4.78, 5) is 0. The topological polar surface area (TPSA) is 56.0 Å². The molecule has 19 heavy (non-hydrogen) atoms. The highest BCUT2D eigenvalue weighted by atomic mass is 79.9. The molecule has 0 aliphatic carbocycles. The fourth-order valence-electron chi connectivity index (χ4n) is 1.80. The number of anilines is 1. The molecule has 0 spiro atoms. The number of hydrogen-bond donors (Lipinski definition) is 2. The van der Waals surface area contributed by atoms with Crippen molar-refractivity contribution in [3.05, 3.63) is 64.6 Å². The lowest BCUT2D eigenvalue weighted by Crippen LogP contribution is -2.24. The van der Waals surface area contributed by atoms with E-state index in [9.17, 15) is 5.11 Å². The summed E-state index contributed by atoms with van der Waals surface area (Å²) >= 11 is 3.37. The Kier molecular flexibility index (Phi) is 4.56. The van der Waals surface area contributed by atoms with Gasteiger partial charge in [0.15, 0.2) is 6.10 Å². The highest BCUT2D eigenvalue weighted by Crippen LogP contribution is 2.24. The normalized spacial score (nSPS) is 13.3. The predicted molar refractivity (Wildman–Crippen MR) is 78.6 cm³/mol. The number of nitrogens with one attached hydrogen (secondary N) is 1. The van der Waals surface area contributed by atoms with E-state index in [1.165, 1.54) is 0 Å². The average Bonchev–Trinajstić information content (AvgIpc) is 2.46. The Morgan fingerprint density at radius 2 is 1.68 bits per heavy atom. The van der Waals surface area contributed by atoms with Crippen LogP contribution in [0.2, 0.25) is 0 Å². The molecule has 2 aromatic rings. The van der Waals surface area contributed by atoms with Gasteiger partial charge in [0, 0.05) is 10.2 Å². The Balaban J connectivity index is 2.27. The average molecular weight is 317 g/mol. The van der Waals surface area contributed by atoms with Gasteiger partial charge in [0.05, 0.1) is 12.1 Å². The number of nitriles is 1. The van der Waals surface area contributed by atoms with E-state index in [0.29, 0.717) is 0 Å². The van der Waals surface area contributed by atoms with Crippen molar-refractivity contribution >= 4 is 21.6 Å². The Bertz CT molecular complexity index is 563. The molecule has 0 aromatic heterocycles. The number of aliphatic hydroxyl groups is 1. The van der Waals surface area contributed by atoms with Gasteiger partial charge in [0.25, 0.3) is 0 Å². The van der Waals surface area contributed by atoms with Crippen LogP contribution in [0.1, 0.15) is 11.6 Å². The lowest BCUT2D eigenvalue weighted by atomic mass is 10.0. The number of hydrogen-bond acceptors (Lipinski definition) is 3. The summed E-state index contributed by atoms with van der Waals surface area (Å²) < 4.78 is 0.959. The first-order valence-electron chi connectivity index (χ1n) is 5.85. The lowest BCUT2D eigenvalue weighted by molar-refractivity contribution is 0.207. The van der Waals surface area contributed by atoms with Crippen molar-refractivity contribution in [3.63, 3.8) is 0 Å². The van der Waals surface area contributed by atoms with Gasteiger partial charge in [-0.2, -0.15) is 5.26 Å². The number of rotatable bonds is 4. The van der Waals surface area contributed by atoms with Gasteiger partial charge >= 0.3 is 0 Å². The molecular formula is C15H13BrN2O. The monoisotopic (exact) mass is 316 g/mol. The van der Waals surface area contributed by atoms with Crippen LogP contribution in [0.3, 0.4) is 0 Å². The summed E-state index contributed by atoms with van der Waals surface area (Å²) in [5.74, 6) is 0. The Hall–Kier alpha value is -1.83. The number of para-hydroxylation sites is 1. The molecule has 0 saturated carbocycles. The molecule has 96 valence electrons. The molecule has 4 heteroatoms. The minimum Gasteiger partial charge on any atom is -0.376 e. The maximum atomic E-state index is 9.87. The Labute approximate surface area is 120 Å². The van der Waals surface area contributed by atoms with Crippen molar-refractivity contribution in [3.8, 4) is 6.07 Å². The first-order valence-corrected chi connectivity index (χ1v) is 6.65. The van der Waals surface area contributed by atoms with E-state index in [0.717, 1.165) is 15.7 Å². The predicted octanol–water partition coefficient (Wildman–Crippen LogP) is 3.49. The summed E-state index contributed by atoms with van der Waals surface area (Å²) in [7, 11) is 0. The number of aliphatic hydroxyl groups excluding tert-OH is 1. The molecule has 0 unspecified atom stereocenters. The zero-order valence-corrected chi connectivity index (χ0v) is 11.7. The van der Waals surface area contributed by atoms with Gasteiger partial charge in [-0.3, -0.25) is 0 Å². The maximum absolute atomic E-state index is 9.87. The van der Waals surface area contributed by atoms with E-state index in [2.05, 4.69) is 21.2 Å². The summed E-state index contributed by atoms with van der Waals surface area (Å²) in [5, 5.41) is 22.0. The molecule has 2 rings (SSSR count). The second-order valence-electron chi connectivity index (χ2n) is 4.11. The summed E-state index contributed by atoms with van der Waals surface area (Å²) in [5.41, 5.74) is 1.73. The second kappa shape index (κ2) is 6.37.